The summed E-state index contributed by atoms with van der Waals surface area (Å²) in [5, 5.41) is 5.58. The second-order valence-electron chi connectivity index (χ2n) is 5.90. The van der Waals surface area contributed by atoms with Crippen molar-refractivity contribution >= 4 is 39.4 Å². The second kappa shape index (κ2) is 9.22. The van der Waals surface area contributed by atoms with Gasteiger partial charge in [-0.25, -0.2) is 0 Å². The molecule has 1 heterocycles. The molecule has 2 rings (SSSR count). The first-order chi connectivity index (χ1) is 12.8. The van der Waals surface area contributed by atoms with Crippen LogP contribution in [0.4, 0.5) is 5.69 Å². The topological polar surface area (TPSA) is 109 Å². The normalized spacial score (nSPS) is 16.7. The van der Waals surface area contributed by atoms with Gasteiger partial charge in [-0.3, -0.25) is 9.69 Å². The molecule has 1 aliphatic rings. The number of nitrogens with zero attached hydrogens (tertiary/aromatic N) is 2. The third-order valence-corrected chi connectivity index (χ3v) is 5.11. The summed E-state index contributed by atoms with van der Waals surface area (Å²) in [6, 6.07) is 4.83. The van der Waals surface area contributed by atoms with E-state index in [0.717, 1.165) is 0 Å². The van der Waals surface area contributed by atoms with Gasteiger partial charge in [0, 0.05) is 20.1 Å². The van der Waals surface area contributed by atoms with E-state index in [1.807, 2.05) is 4.90 Å². The molecule has 1 aliphatic heterocycles. The van der Waals surface area contributed by atoms with Crippen LogP contribution in [0.3, 0.4) is 0 Å². The van der Waals surface area contributed by atoms with Crippen molar-refractivity contribution in [2.45, 2.75) is 12.5 Å². The highest BCUT2D eigenvalue weighted by molar-refractivity contribution is 7.80. The molecule has 0 spiro atoms. The number of morpholine rings is 1. The number of ether oxygens (including phenoxy) is 2. The molecule has 0 radical (unpaired) electrons. The van der Waals surface area contributed by atoms with E-state index >= 15 is 0 Å². The summed E-state index contributed by atoms with van der Waals surface area (Å²) < 4.78 is 36.3. The highest BCUT2D eigenvalue weighted by Gasteiger charge is 2.42. The van der Waals surface area contributed by atoms with Crippen molar-refractivity contribution in [1.29, 1.82) is 0 Å². The number of hydrogen-bond acceptors (Lipinski definition) is 8. The average molecular weight is 415 g/mol. The third kappa shape index (κ3) is 4.80. The van der Waals surface area contributed by atoms with Crippen LogP contribution in [0.5, 0.6) is 5.75 Å². The number of amides is 1. The Hall–Kier alpha value is -2.08. The van der Waals surface area contributed by atoms with Crippen molar-refractivity contribution in [2.75, 3.05) is 40.5 Å². The van der Waals surface area contributed by atoms with Gasteiger partial charge in [0.25, 0.3) is 5.91 Å². The van der Waals surface area contributed by atoms with Gasteiger partial charge >= 0.3 is 10.5 Å². The van der Waals surface area contributed by atoms with Crippen LogP contribution < -0.4 is 15.4 Å². The quantitative estimate of drug-likeness (QED) is 0.673. The highest BCUT2D eigenvalue weighted by atomic mass is 32.2. The van der Waals surface area contributed by atoms with Crippen LogP contribution in [0.15, 0.2) is 22.6 Å². The second-order valence-corrected chi connectivity index (χ2v) is 6.92. The van der Waals surface area contributed by atoms with Gasteiger partial charge < -0.3 is 20.1 Å². The van der Waals surface area contributed by atoms with Crippen molar-refractivity contribution in [3.05, 3.63) is 23.8 Å². The maximum Gasteiger partial charge on any atom is 0.316 e. The van der Waals surface area contributed by atoms with E-state index < -0.39 is 16.0 Å². The maximum absolute atomic E-state index is 13.1. The zero-order valence-electron chi connectivity index (χ0n) is 15.3. The van der Waals surface area contributed by atoms with Crippen LogP contribution >= 0.6 is 12.2 Å². The number of carbonyl (C=O) groups excluding carboxylic acids is 1. The van der Waals surface area contributed by atoms with Gasteiger partial charge in [-0.2, -0.15) is 8.42 Å². The Morgan fingerprint density at radius 3 is 2.59 bits per heavy atom. The van der Waals surface area contributed by atoms with E-state index in [1.165, 1.54) is 13.2 Å². The van der Waals surface area contributed by atoms with Gasteiger partial charge in [-0.15, -0.1) is 4.36 Å². The van der Waals surface area contributed by atoms with Gasteiger partial charge in [0.15, 0.2) is 5.11 Å². The van der Waals surface area contributed by atoms with Crippen LogP contribution in [0, 0.1) is 0 Å². The van der Waals surface area contributed by atoms with Crippen LogP contribution in [-0.2, 0) is 25.6 Å². The summed E-state index contributed by atoms with van der Waals surface area (Å²) in [4.78, 5) is 15.1. The first-order valence-corrected chi connectivity index (χ1v) is 9.62. The summed E-state index contributed by atoms with van der Waals surface area (Å²) in [7, 11) is 0.372. The Balaban J connectivity index is 2.57. The van der Waals surface area contributed by atoms with E-state index in [4.69, 9.17) is 21.7 Å². The minimum atomic E-state index is -2.66. The van der Waals surface area contributed by atoms with Crippen LogP contribution in [-0.4, -0.2) is 64.8 Å². The van der Waals surface area contributed by atoms with Crippen LogP contribution in [0.25, 0.3) is 0 Å². The Labute approximate surface area is 164 Å². The third-order valence-electron chi connectivity index (χ3n) is 4.45. The Bertz CT molecular complexity index is 844. The monoisotopic (exact) mass is 414 g/mol. The largest absolute Gasteiger partial charge is 0.494 e. The number of benzene rings is 1. The molecule has 1 unspecified atom stereocenters. The molecule has 1 saturated heterocycles. The number of thiocarbonyl (C=S) groups is 1. The van der Waals surface area contributed by atoms with Crippen LogP contribution in [0.1, 0.15) is 12.5 Å². The zero-order valence-corrected chi connectivity index (χ0v) is 16.9. The van der Waals surface area contributed by atoms with Crippen LogP contribution in [0.2, 0.25) is 0 Å². The lowest BCUT2D eigenvalue weighted by atomic mass is 9.88. The van der Waals surface area contributed by atoms with E-state index in [0.29, 0.717) is 37.6 Å². The summed E-state index contributed by atoms with van der Waals surface area (Å²) in [6.07, 6.45) is 0. The number of methoxy groups -OCH3 is 1. The molecule has 0 aromatic heterocycles. The lowest BCUT2D eigenvalue weighted by Crippen LogP contribution is -2.59. The molecule has 148 valence electrons. The molecule has 1 aromatic rings. The van der Waals surface area contributed by atoms with Gasteiger partial charge in [-0.1, -0.05) is 6.07 Å². The summed E-state index contributed by atoms with van der Waals surface area (Å²) >= 11 is 5.07. The Kier molecular flexibility index (Phi) is 7.25. The minimum absolute atomic E-state index is 0.117. The fourth-order valence-electron chi connectivity index (χ4n) is 2.90. The molecule has 9 nitrogen and oxygen atoms in total. The minimum Gasteiger partial charge on any atom is -0.494 e. The number of nitrogens with one attached hydrogen (secondary N) is 2. The highest BCUT2D eigenvalue weighted by Crippen LogP contribution is 2.36. The smallest absolute Gasteiger partial charge is 0.316 e. The first-order valence-electron chi connectivity index (χ1n) is 8.18. The number of rotatable bonds is 5. The van der Waals surface area contributed by atoms with Crippen molar-refractivity contribution in [2.24, 2.45) is 4.36 Å². The van der Waals surface area contributed by atoms with Gasteiger partial charge in [0.05, 0.1) is 20.3 Å². The van der Waals surface area contributed by atoms with Crippen molar-refractivity contribution in [1.82, 2.24) is 15.5 Å². The molecular weight excluding hydrogens is 392 g/mol. The standard InChI is InChI=1S/C16H22N4O5S2/c1-16(14(21)18-15(26)17-2,20-6-8-25-9-7-20)11-4-5-13(24-3)12(10-11)19-27(22)23/h4-5,10H,6-9H2,1-3H3,(H2,17,18,21,26). The molecular formula is C16H22N4O5S2. The molecule has 1 aromatic carbocycles. The molecule has 1 atom stereocenters. The number of hydrogen-bond donors (Lipinski definition) is 2. The van der Waals surface area contributed by atoms with E-state index in [2.05, 4.69) is 15.0 Å². The molecule has 11 heteroatoms. The van der Waals surface area contributed by atoms with Crippen molar-refractivity contribution in [3.63, 3.8) is 0 Å². The average Bonchev–Trinajstić information content (AvgIpc) is 2.67. The molecule has 1 fully saturated rings. The first kappa shape index (κ1) is 21.2. The zero-order chi connectivity index (χ0) is 20.0. The van der Waals surface area contributed by atoms with Gasteiger partial charge in [0.2, 0.25) is 0 Å². The van der Waals surface area contributed by atoms with Crippen molar-refractivity contribution in [3.8, 4) is 5.75 Å². The van der Waals surface area contributed by atoms with E-state index in [1.54, 1.807) is 26.1 Å². The van der Waals surface area contributed by atoms with E-state index in [-0.39, 0.29) is 16.7 Å². The number of carbonyl (C=O) groups is 1. The summed E-state index contributed by atoms with van der Waals surface area (Å²) in [5.41, 5.74) is -0.441. The molecule has 0 saturated carbocycles. The van der Waals surface area contributed by atoms with Gasteiger partial charge in [0.1, 0.15) is 17.0 Å². The maximum atomic E-state index is 13.1. The molecule has 0 aliphatic carbocycles. The summed E-state index contributed by atoms with van der Waals surface area (Å²) in [6.45, 7) is 3.78. The fourth-order valence-corrected chi connectivity index (χ4v) is 3.30. The van der Waals surface area contributed by atoms with E-state index in [9.17, 15) is 13.2 Å². The lowest BCUT2D eigenvalue weighted by Gasteiger charge is -2.42. The molecule has 2 N–H and O–H groups in total. The van der Waals surface area contributed by atoms with Crippen molar-refractivity contribution < 1.29 is 22.7 Å². The molecule has 27 heavy (non-hydrogen) atoms. The lowest BCUT2D eigenvalue weighted by molar-refractivity contribution is -0.135. The Morgan fingerprint density at radius 2 is 2.04 bits per heavy atom. The predicted octanol–water partition coefficient (Wildman–Crippen LogP) is 0.557. The molecule has 1 amide bonds. The predicted molar refractivity (Wildman–Crippen MR) is 104 cm³/mol. The molecule has 0 bridgehead atoms. The Morgan fingerprint density at radius 1 is 1.37 bits per heavy atom. The van der Waals surface area contributed by atoms with Gasteiger partial charge in [-0.05, 0) is 36.8 Å². The summed E-state index contributed by atoms with van der Waals surface area (Å²) in [5.74, 6) is -0.0541. The SMILES string of the molecule is CNC(=S)NC(=O)C(C)(c1ccc(OC)c(N=S(=O)=O)c1)N1CCOCC1. The fraction of sp³-hybridized carbons (Fsp3) is 0.500.